The number of aromatic nitrogens is 1. The molecule has 3 heterocycles. The van der Waals surface area contributed by atoms with Gasteiger partial charge in [-0.15, -0.1) is 0 Å². The molecule has 2 aliphatic rings. The molecule has 2 aliphatic heterocycles. The molecule has 0 atom stereocenters. The number of carbonyl (C=O) groups is 1. The van der Waals surface area contributed by atoms with Gasteiger partial charge in [0, 0.05) is 52.8 Å². The zero-order valence-electron chi connectivity index (χ0n) is 22.9. The molecule has 2 aromatic carbocycles. The number of fused-ring (bicyclic) bond motifs is 1. The van der Waals surface area contributed by atoms with Crippen LogP contribution in [0.4, 0.5) is 0 Å². The molecule has 2 fully saturated rings. The third-order valence-corrected chi connectivity index (χ3v) is 9.25. The highest BCUT2D eigenvalue weighted by atomic mass is 79.9. The van der Waals surface area contributed by atoms with Crippen molar-refractivity contribution in [2.75, 3.05) is 32.8 Å². The summed E-state index contributed by atoms with van der Waals surface area (Å²) in [4.78, 5) is 28.3. The van der Waals surface area contributed by atoms with Crippen LogP contribution in [0.5, 0.6) is 0 Å². The number of hydrogen-bond acceptors (Lipinski definition) is 5. The van der Waals surface area contributed by atoms with Crippen LogP contribution in [-0.4, -0.2) is 59.0 Å². The summed E-state index contributed by atoms with van der Waals surface area (Å²) in [5, 5.41) is 1.54. The van der Waals surface area contributed by atoms with E-state index in [-0.39, 0.29) is 11.4 Å². The second-order valence-electron chi connectivity index (χ2n) is 10.8. The summed E-state index contributed by atoms with van der Waals surface area (Å²) in [6.07, 6.45) is 5.62. The highest BCUT2D eigenvalue weighted by molar-refractivity contribution is 9.10. The number of nitrogens with zero attached hydrogens (tertiary/aromatic N) is 3. The highest BCUT2D eigenvalue weighted by Crippen LogP contribution is 2.35. The van der Waals surface area contributed by atoms with E-state index in [0.29, 0.717) is 17.2 Å². The molecule has 39 heavy (non-hydrogen) atoms. The molecule has 1 amide bonds. The van der Waals surface area contributed by atoms with Crippen LogP contribution in [0.25, 0.3) is 16.6 Å². The Bertz CT molecular complexity index is 1370. The van der Waals surface area contributed by atoms with E-state index in [1.54, 1.807) is 6.20 Å². The molecule has 2 saturated heterocycles. The number of carbonyl (C=O) groups excluding carboxylic acids is 1. The highest BCUT2D eigenvalue weighted by Gasteiger charge is 2.38. The first-order valence-electron chi connectivity index (χ1n) is 13.7. The van der Waals surface area contributed by atoms with Crippen molar-refractivity contribution in [3.05, 3.63) is 80.4 Å². The Morgan fingerprint density at radius 2 is 1.79 bits per heavy atom. The summed E-state index contributed by atoms with van der Waals surface area (Å²) in [5.74, 6) is 0.0798. The van der Waals surface area contributed by atoms with Crippen LogP contribution >= 0.6 is 27.5 Å². The van der Waals surface area contributed by atoms with Crippen molar-refractivity contribution in [1.82, 2.24) is 20.3 Å². The Kier molecular flexibility index (Phi) is 8.62. The molecule has 3 aromatic rings. The lowest BCUT2D eigenvalue weighted by Gasteiger charge is -2.48. The van der Waals surface area contributed by atoms with Crippen molar-refractivity contribution in [3.8, 4) is 0 Å². The SMILES string of the molecule is CCONC(=C1CCN(C2(C)CCN(C(=O)c3ccnc4cc(Cl)c(C)cc34)CC2)CC1)c1ccc(Br)cc1. The number of pyridine rings is 1. The summed E-state index contributed by atoms with van der Waals surface area (Å²) in [5.41, 5.74) is 9.37. The largest absolute Gasteiger partial charge is 0.338 e. The Balaban J connectivity index is 1.25. The van der Waals surface area contributed by atoms with Gasteiger partial charge in [0.2, 0.25) is 0 Å². The van der Waals surface area contributed by atoms with Gasteiger partial charge in [-0.25, -0.2) is 0 Å². The zero-order valence-corrected chi connectivity index (χ0v) is 25.2. The third kappa shape index (κ3) is 6.02. The number of hydroxylamine groups is 1. The number of rotatable bonds is 6. The van der Waals surface area contributed by atoms with Crippen LogP contribution in [-0.2, 0) is 4.84 Å². The first-order chi connectivity index (χ1) is 18.8. The fraction of sp³-hybridized carbons (Fsp3) is 0.419. The summed E-state index contributed by atoms with van der Waals surface area (Å²) >= 11 is 9.84. The number of hydrogen-bond donors (Lipinski definition) is 1. The Morgan fingerprint density at radius 3 is 2.46 bits per heavy atom. The number of nitrogens with one attached hydrogen (secondary N) is 1. The number of piperidine rings is 2. The number of halogens is 2. The van der Waals surface area contributed by atoms with E-state index in [1.807, 2.05) is 36.9 Å². The van der Waals surface area contributed by atoms with Crippen molar-refractivity contribution in [3.63, 3.8) is 0 Å². The predicted molar refractivity (Wildman–Crippen MR) is 162 cm³/mol. The molecule has 8 heteroatoms. The number of aryl methyl sites for hydroxylation is 1. The van der Waals surface area contributed by atoms with Gasteiger partial charge in [0.1, 0.15) is 0 Å². The van der Waals surface area contributed by atoms with Crippen LogP contribution in [0.2, 0.25) is 5.02 Å². The topological polar surface area (TPSA) is 57.7 Å². The Morgan fingerprint density at radius 1 is 1.10 bits per heavy atom. The molecule has 1 N–H and O–H groups in total. The number of amides is 1. The maximum atomic E-state index is 13.6. The van der Waals surface area contributed by atoms with Crippen LogP contribution in [0, 0.1) is 6.92 Å². The first kappa shape index (κ1) is 28.1. The summed E-state index contributed by atoms with van der Waals surface area (Å²) in [7, 11) is 0. The van der Waals surface area contributed by atoms with Gasteiger partial charge < -0.3 is 4.90 Å². The van der Waals surface area contributed by atoms with Gasteiger partial charge >= 0.3 is 0 Å². The van der Waals surface area contributed by atoms with Crippen molar-refractivity contribution >= 4 is 50.0 Å². The van der Waals surface area contributed by atoms with Crippen molar-refractivity contribution < 1.29 is 9.63 Å². The van der Waals surface area contributed by atoms with Crippen molar-refractivity contribution in [2.45, 2.75) is 52.0 Å². The smallest absolute Gasteiger partial charge is 0.254 e. The molecule has 0 radical (unpaired) electrons. The predicted octanol–water partition coefficient (Wildman–Crippen LogP) is 7.00. The van der Waals surface area contributed by atoms with Crippen LogP contribution in [0.3, 0.4) is 0 Å². The van der Waals surface area contributed by atoms with Gasteiger partial charge in [-0.05, 0) is 93.5 Å². The van der Waals surface area contributed by atoms with E-state index in [2.05, 4.69) is 62.5 Å². The van der Waals surface area contributed by atoms with Gasteiger partial charge in [-0.2, -0.15) is 0 Å². The quantitative estimate of drug-likeness (QED) is 0.304. The Labute approximate surface area is 244 Å². The molecular weight excluding hydrogens is 576 g/mol. The lowest BCUT2D eigenvalue weighted by Crippen LogP contribution is -2.56. The Hall–Kier alpha value is -2.45. The van der Waals surface area contributed by atoms with Crippen molar-refractivity contribution in [2.24, 2.45) is 0 Å². The van der Waals surface area contributed by atoms with E-state index in [0.717, 1.165) is 84.1 Å². The average molecular weight is 612 g/mol. The minimum atomic E-state index is 0.0798. The number of benzene rings is 2. The molecule has 206 valence electrons. The lowest BCUT2D eigenvalue weighted by atomic mass is 9.84. The van der Waals surface area contributed by atoms with E-state index in [9.17, 15) is 4.79 Å². The van der Waals surface area contributed by atoms with Crippen LogP contribution < -0.4 is 5.48 Å². The fourth-order valence-electron chi connectivity index (χ4n) is 5.80. The molecular formula is C31H36BrClN4O2. The minimum absolute atomic E-state index is 0.0798. The summed E-state index contributed by atoms with van der Waals surface area (Å²) in [6.45, 7) is 10.4. The van der Waals surface area contributed by atoms with E-state index in [4.69, 9.17) is 16.4 Å². The third-order valence-electron chi connectivity index (χ3n) is 8.32. The second-order valence-corrected chi connectivity index (χ2v) is 12.1. The molecule has 0 saturated carbocycles. The van der Waals surface area contributed by atoms with Crippen molar-refractivity contribution in [1.29, 1.82) is 0 Å². The molecule has 0 spiro atoms. The van der Waals surface area contributed by atoms with Gasteiger partial charge in [0.25, 0.3) is 5.91 Å². The van der Waals surface area contributed by atoms with Crippen LogP contribution in [0.1, 0.15) is 61.0 Å². The maximum absolute atomic E-state index is 13.6. The van der Waals surface area contributed by atoms with Gasteiger partial charge in [-0.1, -0.05) is 39.7 Å². The number of likely N-dealkylation sites (tertiary alicyclic amines) is 2. The molecule has 0 bridgehead atoms. The van der Waals surface area contributed by atoms with E-state index >= 15 is 0 Å². The average Bonchev–Trinajstić information content (AvgIpc) is 2.95. The van der Waals surface area contributed by atoms with Gasteiger partial charge in [-0.3, -0.25) is 25.0 Å². The molecule has 5 rings (SSSR count). The van der Waals surface area contributed by atoms with E-state index < -0.39 is 0 Å². The standard InChI is InChI=1S/C31H36BrClN4O2/c1-4-39-35-29(22-5-7-24(32)8-6-22)23-10-15-37(16-11-23)31(3)12-17-36(18-13-31)30(38)25-9-14-34-28-20-27(33)21(2)19-26(25)28/h5-9,14,19-20,35H,4,10-13,15-18H2,1-3H3. The monoisotopic (exact) mass is 610 g/mol. The lowest BCUT2D eigenvalue weighted by molar-refractivity contribution is 0.0257. The molecule has 6 nitrogen and oxygen atoms in total. The summed E-state index contributed by atoms with van der Waals surface area (Å²) in [6, 6.07) is 14.1. The fourth-order valence-corrected chi connectivity index (χ4v) is 6.22. The molecule has 0 aliphatic carbocycles. The van der Waals surface area contributed by atoms with Crippen LogP contribution in [0.15, 0.2) is 58.7 Å². The van der Waals surface area contributed by atoms with E-state index in [1.165, 1.54) is 5.57 Å². The first-order valence-corrected chi connectivity index (χ1v) is 14.9. The van der Waals surface area contributed by atoms with Gasteiger partial charge in [0.05, 0.1) is 23.4 Å². The molecule has 1 aromatic heterocycles. The zero-order chi connectivity index (χ0) is 27.6. The second kappa shape index (κ2) is 12.0. The van der Waals surface area contributed by atoms with Gasteiger partial charge in [0.15, 0.2) is 0 Å². The maximum Gasteiger partial charge on any atom is 0.254 e. The molecule has 0 unspecified atom stereocenters. The summed E-state index contributed by atoms with van der Waals surface area (Å²) < 4.78 is 1.07. The normalized spacial score (nSPS) is 17.9. The minimum Gasteiger partial charge on any atom is -0.338 e.